The summed E-state index contributed by atoms with van der Waals surface area (Å²) in [5.41, 5.74) is 4.27. The maximum absolute atomic E-state index is 12.7. The molecule has 1 heterocycles. The largest absolute Gasteiger partial charge is 0.433 e. The molecule has 0 fully saturated rings. The van der Waals surface area contributed by atoms with E-state index in [0.717, 1.165) is 10.7 Å². The maximum atomic E-state index is 12.7. The zero-order valence-electron chi connectivity index (χ0n) is 9.60. The number of rotatable bonds is 2. The minimum Gasteiger partial charge on any atom is -0.330 e. The molecule has 16 heavy (non-hydrogen) atoms. The van der Waals surface area contributed by atoms with Crippen LogP contribution >= 0.6 is 0 Å². The molecule has 0 bridgehead atoms. The molecule has 0 saturated heterocycles. The quantitative estimate of drug-likeness (QED) is 0.853. The molecule has 6 heteroatoms. The van der Waals surface area contributed by atoms with Crippen molar-refractivity contribution in [1.29, 1.82) is 0 Å². The van der Waals surface area contributed by atoms with E-state index in [4.69, 9.17) is 5.73 Å². The molecule has 0 aliphatic heterocycles. The van der Waals surface area contributed by atoms with Gasteiger partial charge in [-0.25, -0.2) is 0 Å². The number of alkyl halides is 3. The second-order valence-corrected chi connectivity index (χ2v) is 4.64. The molecule has 3 nitrogen and oxygen atoms in total. The van der Waals surface area contributed by atoms with Crippen LogP contribution in [0.2, 0.25) is 0 Å². The molecule has 0 radical (unpaired) electrons. The van der Waals surface area contributed by atoms with Crippen molar-refractivity contribution in [1.82, 2.24) is 9.78 Å². The lowest BCUT2D eigenvalue weighted by Gasteiger charge is -2.23. The maximum Gasteiger partial charge on any atom is 0.433 e. The Morgan fingerprint density at radius 1 is 1.31 bits per heavy atom. The Morgan fingerprint density at radius 3 is 2.19 bits per heavy atom. The summed E-state index contributed by atoms with van der Waals surface area (Å²) in [5.74, 6) is 0. The van der Waals surface area contributed by atoms with Crippen molar-refractivity contribution in [3.8, 4) is 0 Å². The average molecular weight is 235 g/mol. The minimum absolute atomic E-state index is 0.290. The highest BCUT2D eigenvalue weighted by Gasteiger charge is 2.38. The van der Waals surface area contributed by atoms with Crippen molar-refractivity contribution in [2.24, 2.45) is 5.73 Å². The lowest BCUT2D eigenvalue weighted by Crippen LogP contribution is -2.28. The van der Waals surface area contributed by atoms with Crippen LogP contribution in [0.15, 0.2) is 6.07 Å². The van der Waals surface area contributed by atoms with Crippen molar-refractivity contribution in [2.45, 2.75) is 38.9 Å². The Bertz CT molecular complexity index is 329. The monoisotopic (exact) mass is 235 g/mol. The Hall–Kier alpha value is -1.04. The fourth-order valence-electron chi connectivity index (χ4n) is 1.41. The fourth-order valence-corrected chi connectivity index (χ4v) is 1.41. The normalized spacial score (nSPS) is 13.2. The van der Waals surface area contributed by atoms with Gasteiger partial charge in [0.05, 0.1) is 11.2 Å². The Labute approximate surface area is 92.4 Å². The summed E-state index contributed by atoms with van der Waals surface area (Å²) in [4.78, 5) is 0. The standard InChI is InChI=1S/C10H16F3N3/c1-9(2,3)16-8(10(11,12)13)6-7(15-16)4-5-14/h6H,4-5,14H2,1-3H3. The van der Waals surface area contributed by atoms with E-state index in [1.807, 2.05) is 0 Å². The van der Waals surface area contributed by atoms with Gasteiger partial charge in [-0.15, -0.1) is 0 Å². The number of aromatic nitrogens is 2. The van der Waals surface area contributed by atoms with Gasteiger partial charge in [-0.3, -0.25) is 4.68 Å². The van der Waals surface area contributed by atoms with E-state index in [9.17, 15) is 13.2 Å². The van der Waals surface area contributed by atoms with Crippen molar-refractivity contribution < 1.29 is 13.2 Å². The summed E-state index contributed by atoms with van der Waals surface area (Å²) in [5, 5.41) is 3.95. The average Bonchev–Trinajstić information content (AvgIpc) is 2.47. The summed E-state index contributed by atoms with van der Waals surface area (Å²) in [6.07, 6.45) is -4.03. The Kier molecular flexibility index (Phi) is 3.33. The van der Waals surface area contributed by atoms with Crippen molar-refractivity contribution in [2.75, 3.05) is 6.54 Å². The number of hydrogen-bond donors (Lipinski definition) is 1. The van der Waals surface area contributed by atoms with Crippen LogP contribution in [0.3, 0.4) is 0 Å². The van der Waals surface area contributed by atoms with Gasteiger partial charge in [0.2, 0.25) is 0 Å². The second kappa shape index (κ2) is 4.08. The molecule has 0 unspecified atom stereocenters. The van der Waals surface area contributed by atoms with E-state index in [1.54, 1.807) is 20.8 Å². The van der Waals surface area contributed by atoms with Gasteiger partial charge in [0.15, 0.2) is 0 Å². The highest BCUT2D eigenvalue weighted by Crippen LogP contribution is 2.32. The molecule has 1 aromatic heterocycles. The predicted octanol–water partition coefficient (Wildman–Crippen LogP) is 2.16. The Morgan fingerprint density at radius 2 is 1.88 bits per heavy atom. The highest BCUT2D eigenvalue weighted by molar-refractivity contribution is 5.15. The summed E-state index contributed by atoms with van der Waals surface area (Å²) in [7, 11) is 0. The number of hydrogen-bond acceptors (Lipinski definition) is 2. The first-order chi connectivity index (χ1) is 7.16. The van der Waals surface area contributed by atoms with Gasteiger partial charge in [-0.05, 0) is 33.4 Å². The molecule has 0 saturated carbocycles. The first kappa shape index (κ1) is 13.0. The van der Waals surface area contributed by atoms with Gasteiger partial charge in [0.1, 0.15) is 5.69 Å². The van der Waals surface area contributed by atoms with Gasteiger partial charge >= 0.3 is 6.18 Å². The molecule has 2 N–H and O–H groups in total. The van der Waals surface area contributed by atoms with E-state index in [2.05, 4.69) is 5.10 Å². The van der Waals surface area contributed by atoms with E-state index in [1.165, 1.54) is 0 Å². The summed E-state index contributed by atoms with van der Waals surface area (Å²) < 4.78 is 39.2. The van der Waals surface area contributed by atoms with Crippen LogP contribution in [0.1, 0.15) is 32.2 Å². The third-order valence-corrected chi connectivity index (χ3v) is 2.09. The first-order valence-electron chi connectivity index (χ1n) is 5.03. The summed E-state index contributed by atoms with van der Waals surface area (Å²) >= 11 is 0. The third-order valence-electron chi connectivity index (χ3n) is 2.09. The SMILES string of the molecule is CC(C)(C)n1nc(CCN)cc1C(F)(F)F. The highest BCUT2D eigenvalue weighted by atomic mass is 19.4. The summed E-state index contributed by atoms with van der Waals surface area (Å²) in [6, 6.07) is 1.07. The van der Waals surface area contributed by atoms with Crippen LogP contribution in [0.4, 0.5) is 13.2 Å². The molecular weight excluding hydrogens is 219 g/mol. The molecule has 1 rings (SSSR count). The van der Waals surface area contributed by atoms with E-state index in [-0.39, 0.29) is 0 Å². The lowest BCUT2D eigenvalue weighted by molar-refractivity contribution is -0.146. The van der Waals surface area contributed by atoms with E-state index >= 15 is 0 Å². The van der Waals surface area contributed by atoms with Gasteiger partial charge in [0.25, 0.3) is 0 Å². The zero-order valence-corrected chi connectivity index (χ0v) is 9.60. The van der Waals surface area contributed by atoms with Gasteiger partial charge in [-0.2, -0.15) is 18.3 Å². The Balaban J connectivity index is 3.24. The molecule has 0 aliphatic carbocycles. The fraction of sp³-hybridized carbons (Fsp3) is 0.700. The molecule has 0 aromatic carbocycles. The van der Waals surface area contributed by atoms with Crippen LogP contribution in [-0.2, 0) is 18.1 Å². The molecule has 92 valence electrons. The van der Waals surface area contributed by atoms with Gasteiger partial charge < -0.3 is 5.73 Å². The third kappa shape index (κ3) is 2.75. The van der Waals surface area contributed by atoms with Crippen LogP contribution < -0.4 is 5.73 Å². The number of nitrogens with zero attached hydrogens (tertiary/aromatic N) is 2. The van der Waals surface area contributed by atoms with Crippen molar-refractivity contribution in [3.63, 3.8) is 0 Å². The van der Waals surface area contributed by atoms with Crippen molar-refractivity contribution >= 4 is 0 Å². The predicted molar refractivity (Wildman–Crippen MR) is 55.0 cm³/mol. The second-order valence-electron chi connectivity index (χ2n) is 4.64. The van der Waals surface area contributed by atoms with Crippen LogP contribution in [0.25, 0.3) is 0 Å². The summed E-state index contributed by atoms with van der Waals surface area (Å²) in [6.45, 7) is 5.34. The first-order valence-corrected chi connectivity index (χ1v) is 5.03. The molecular formula is C10H16F3N3. The van der Waals surface area contributed by atoms with Gasteiger partial charge in [0, 0.05) is 6.42 Å². The van der Waals surface area contributed by atoms with E-state index in [0.29, 0.717) is 18.7 Å². The van der Waals surface area contributed by atoms with Gasteiger partial charge in [-0.1, -0.05) is 0 Å². The molecule has 0 amide bonds. The number of halogens is 3. The van der Waals surface area contributed by atoms with Crippen molar-refractivity contribution in [3.05, 3.63) is 17.5 Å². The smallest absolute Gasteiger partial charge is 0.330 e. The molecule has 0 spiro atoms. The van der Waals surface area contributed by atoms with Crippen LogP contribution in [0, 0.1) is 0 Å². The minimum atomic E-state index is -4.38. The lowest BCUT2D eigenvalue weighted by atomic mass is 10.1. The molecule has 1 aromatic rings. The molecule has 0 aliphatic rings. The zero-order chi connectivity index (χ0) is 12.6. The van der Waals surface area contributed by atoms with E-state index < -0.39 is 17.4 Å². The topological polar surface area (TPSA) is 43.8 Å². The number of nitrogens with two attached hydrogens (primary N) is 1. The van der Waals surface area contributed by atoms with Crippen LogP contribution in [0.5, 0.6) is 0 Å². The van der Waals surface area contributed by atoms with Crippen LogP contribution in [-0.4, -0.2) is 16.3 Å². The molecule has 0 atom stereocenters.